The van der Waals surface area contributed by atoms with Gasteiger partial charge in [-0.1, -0.05) is 146 Å². The second-order valence-corrected chi connectivity index (χ2v) is 15.2. The molecule has 10 rings (SSSR count). The molecule has 0 saturated heterocycles. The predicted octanol–water partition coefficient (Wildman–Crippen LogP) is 10.1. The third-order valence-corrected chi connectivity index (χ3v) is 11.5. The molecule has 11 nitrogen and oxygen atoms in total. The van der Waals surface area contributed by atoms with Gasteiger partial charge in [0.25, 0.3) is 11.8 Å². The van der Waals surface area contributed by atoms with Crippen molar-refractivity contribution in [1.29, 1.82) is 0 Å². The Balaban J connectivity index is 0.000000164. The van der Waals surface area contributed by atoms with Crippen LogP contribution in [0, 0.1) is 6.57 Å². The minimum atomic E-state index is -0.623. The smallest absolute Gasteiger partial charge is 0.279 e. The molecule has 0 unspecified atom stereocenters. The van der Waals surface area contributed by atoms with Crippen LogP contribution >= 0.6 is 0 Å². The third kappa shape index (κ3) is 7.81. The quantitative estimate of drug-likeness (QED) is 0.143. The second kappa shape index (κ2) is 17.8. The van der Waals surface area contributed by atoms with Crippen LogP contribution in [-0.4, -0.2) is 51.5 Å². The topological polar surface area (TPSA) is 136 Å². The van der Waals surface area contributed by atoms with E-state index in [1.807, 2.05) is 133 Å². The fraction of sp³-hybridized carbons (Fsp3) is 0.0741. The molecular weight excluding hydrogens is 813 g/mol. The number of methoxy groups -OCH3 is 2. The number of nitrogens with zero attached hydrogens (tertiary/aromatic N) is 5. The van der Waals surface area contributed by atoms with E-state index in [9.17, 15) is 14.4 Å². The van der Waals surface area contributed by atoms with Crippen molar-refractivity contribution in [2.45, 2.75) is 12.8 Å². The van der Waals surface area contributed by atoms with E-state index in [0.29, 0.717) is 51.7 Å². The van der Waals surface area contributed by atoms with E-state index in [-0.39, 0.29) is 29.4 Å². The fourth-order valence-corrected chi connectivity index (χ4v) is 8.36. The first-order valence-electron chi connectivity index (χ1n) is 20.8. The Kier molecular flexibility index (Phi) is 11.4. The minimum absolute atomic E-state index is 0.201. The zero-order chi connectivity index (χ0) is 45.0. The van der Waals surface area contributed by atoms with Crippen LogP contribution in [0.3, 0.4) is 0 Å². The molecule has 4 heterocycles. The van der Waals surface area contributed by atoms with E-state index in [4.69, 9.17) is 32.0 Å². The number of benzene rings is 6. The van der Waals surface area contributed by atoms with Crippen molar-refractivity contribution in [2.75, 3.05) is 14.2 Å². The standard InChI is InChI=1S/C27H21N3O3.C27H19N3O2/c1-33-20-14-12-18(13-15-20)23-21(26(28)31)16-22-24(17-8-4-2-5-9-17)25(29-30(22)27(23)32)19-10-6-3-7-11-19;1-28-22-17-23-25(18-9-5-3-6-10-18)26(20-11-7-4-8-12-20)29-30(23)27(31)24(22)19-13-15-21(32-2)16-14-19/h2-15H,16H2,1H3,(H2,28,31);3-16H,17H2,2H3. The Hall–Kier alpha value is -8.88. The van der Waals surface area contributed by atoms with Gasteiger partial charge in [-0.3, -0.25) is 14.4 Å². The molecule has 0 saturated carbocycles. The van der Waals surface area contributed by atoms with Crippen LogP contribution in [0.15, 0.2) is 181 Å². The van der Waals surface area contributed by atoms with Gasteiger partial charge in [0, 0.05) is 40.7 Å². The van der Waals surface area contributed by atoms with Crippen molar-refractivity contribution >= 4 is 28.9 Å². The molecule has 11 heteroatoms. The van der Waals surface area contributed by atoms with Gasteiger partial charge in [0.05, 0.1) is 43.3 Å². The number of allylic oxidation sites excluding steroid dienone is 3. The van der Waals surface area contributed by atoms with Crippen molar-refractivity contribution < 1.29 is 23.9 Å². The number of carbonyl (C=O) groups excluding carboxylic acids is 3. The molecule has 0 fully saturated rings. The Morgan fingerprint density at radius 1 is 0.523 bits per heavy atom. The van der Waals surface area contributed by atoms with Crippen LogP contribution in [0.4, 0.5) is 0 Å². The summed E-state index contributed by atoms with van der Waals surface area (Å²) in [6, 6.07) is 53.4. The number of hydrogen-bond donors (Lipinski definition) is 1. The molecule has 2 aliphatic heterocycles. The normalized spacial score (nSPS) is 13.0. The maximum absolute atomic E-state index is 13.7. The number of aromatic nitrogens is 4. The summed E-state index contributed by atoms with van der Waals surface area (Å²) in [6.45, 7) is 7.79. The minimum Gasteiger partial charge on any atom is -0.497 e. The summed E-state index contributed by atoms with van der Waals surface area (Å²) in [5.41, 5.74) is 16.6. The zero-order valence-electron chi connectivity index (χ0n) is 35.4. The lowest BCUT2D eigenvalue weighted by molar-refractivity contribution is -0.114. The molecule has 2 aromatic heterocycles. The summed E-state index contributed by atoms with van der Waals surface area (Å²) in [7, 11) is 3.16. The lowest BCUT2D eigenvalue weighted by atomic mass is 9.89. The van der Waals surface area contributed by atoms with Crippen LogP contribution in [0.25, 0.3) is 60.8 Å². The van der Waals surface area contributed by atoms with E-state index < -0.39 is 5.91 Å². The molecule has 2 aliphatic rings. The Labute approximate surface area is 375 Å². The van der Waals surface area contributed by atoms with E-state index in [2.05, 4.69) is 4.85 Å². The number of amides is 1. The molecule has 0 aliphatic carbocycles. The predicted molar refractivity (Wildman–Crippen MR) is 250 cm³/mol. The first-order valence-corrected chi connectivity index (χ1v) is 20.8. The molecule has 316 valence electrons. The number of ether oxygens (including phenoxy) is 2. The van der Waals surface area contributed by atoms with Gasteiger partial charge in [-0.25, -0.2) is 9.53 Å². The summed E-state index contributed by atoms with van der Waals surface area (Å²) in [5, 5.41) is 9.50. The highest BCUT2D eigenvalue weighted by Crippen LogP contribution is 2.42. The maximum atomic E-state index is 13.7. The summed E-state index contributed by atoms with van der Waals surface area (Å²) >= 11 is 0. The number of carbonyl (C=O) groups is 3. The van der Waals surface area contributed by atoms with Gasteiger partial charge in [-0.15, -0.1) is 0 Å². The monoisotopic (exact) mass is 852 g/mol. The molecule has 0 spiro atoms. The lowest BCUT2D eigenvalue weighted by Gasteiger charge is -2.20. The van der Waals surface area contributed by atoms with Gasteiger partial charge < -0.3 is 15.2 Å². The first-order chi connectivity index (χ1) is 31.8. The average molecular weight is 853 g/mol. The molecule has 0 atom stereocenters. The first kappa shape index (κ1) is 41.5. The van der Waals surface area contributed by atoms with Crippen molar-refractivity contribution in [3.05, 3.63) is 215 Å². The summed E-state index contributed by atoms with van der Waals surface area (Å²) in [4.78, 5) is 43.6. The number of fused-ring (bicyclic) bond motifs is 2. The molecule has 1 amide bonds. The number of primary amides is 1. The van der Waals surface area contributed by atoms with Gasteiger partial charge >= 0.3 is 0 Å². The molecule has 6 aromatic carbocycles. The summed E-state index contributed by atoms with van der Waals surface area (Å²) in [6.07, 6.45) is 0.535. The van der Waals surface area contributed by atoms with E-state index in [0.717, 1.165) is 44.8 Å². The van der Waals surface area contributed by atoms with Crippen molar-refractivity contribution in [2.24, 2.45) is 5.73 Å². The van der Waals surface area contributed by atoms with E-state index in [1.54, 1.807) is 50.6 Å². The van der Waals surface area contributed by atoms with Crippen LogP contribution in [0.5, 0.6) is 11.5 Å². The Morgan fingerprint density at radius 2 is 0.892 bits per heavy atom. The SMILES string of the molecule is COc1ccc(C2=C(C(N)=O)Cc3c(-c4ccccc4)c(-c4ccccc4)nn3C2=O)cc1.[C-]#[N+]C1=C(c2ccc(OC)cc2)C(=O)n2nc(-c3ccccc3)c(-c3ccccc3)c2C1. The van der Waals surface area contributed by atoms with E-state index >= 15 is 0 Å². The highest BCUT2D eigenvalue weighted by Gasteiger charge is 2.35. The third-order valence-electron chi connectivity index (χ3n) is 11.5. The molecule has 0 radical (unpaired) electrons. The number of hydrogen-bond acceptors (Lipinski definition) is 7. The Morgan fingerprint density at radius 3 is 1.28 bits per heavy atom. The molecular formula is C54H40N6O5. The highest BCUT2D eigenvalue weighted by atomic mass is 16.5. The van der Waals surface area contributed by atoms with Gasteiger partial charge in [-0.2, -0.15) is 14.9 Å². The van der Waals surface area contributed by atoms with Crippen LogP contribution < -0.4 is 15.2 Å². The Bertz CT molecular complexity index is 3200. The van der Waals surface area contributed by atoms with Gasteiger partial charge in [0.1, 0.15) is 22.9 Å². The second-order valence-electron chi connectivity index (χ2n) is 15.2. The molecule has 0 bridgehead atoms. The van der Waals surface area contributed by atoms with Crippen molar-refractivity contribution in [3.63, 3.8) is 0 Å². The zero-order valence-corrected chi connectivity index (χ0v) is 35.4. The summed E-state index contributed by atoms with van der Waals surface area (Å²) < 4.78 is 13.3. The average Bonchev–Trinajstić information content (AvgIpc) is 3.95. The molecule has 2 N–H and O–H groups in total. The van der Waals surface area contributed by atoms with Crippen LogP contribution in [0.1, 0.15) is 32.1 Å². The van der Waals surface area contributed by atoms with Gasteiger partial charge in [0.15, 0.2) is 5.70 Å². The van der Waals surface area contributed by atoms with Gasteiger partial charge in [0.2, 0.25) is 5.91 Å². The maximum Gasteiger partial charge on any atom is 0.279 e. The van der Waals surface area contributed by atoms with Crippen molar-refractivity contribution in [3.8, 4) is 56.3 Å². The van der Waals surface area contributed by atoms with Crippen molar-refractivity contribution in [1.82, 2.24) is 19.6 Å². The van der Waals surface area contributed by atoms with Gasteiger partial charge in [-0.05, 0) is 46.5 Å². The molecule has 65 heavy (non-hydrogen) atoms. The summed E-state index contributed by atoms with van der Waals surface area (Å²) in [5.74, 6) is 0.0541. The fourth-order valence-electron chi connectivity index (χ4n) is 8.36. The van der Waals surface area contributed by atoms with Crippen LogP contribution in [0.2, 0.25) is 0 Å². The number of nitrogens with two attached hydrogens (primary N) is 1. The highest BCUT2D eigenvalue weighted by molar-refractivity contribution is 6.28. The molecule has 8 aromatic rings. The van der Waals surface area contributed by atoms with Crippen LogP contribution in [-0.2, 0) is 17.6 Å². The van der Waals surface area contributed by atoms with E-state index in [1.165, 1.54) is 9.36 Å². The lowest BCUT2D eigenvalue weighted by Crippen LogP contribution is -2.29. The largest absolute Gasteiger partial charge is 0.497 e. The number of rotatable bonds is 9.